The molecule has 0 spiro atoms. The number of rotatable bonds is 5. The molecular formula is C11H13NO3S. The molecule has 0 atom stereocenters. The normalized spacial score (nSPS) is 9.81. The molecule has 1 aromatic rings. The van der Waals surface area contributed by atoms with E-state index in [1.807, 2.05) is 6.07 Å². The Morgan fingerprint density at radius 1 is 1.44 bits per heavy atom. The lowest BCUT2D eigenvalue weighted by Crippen LogP contribution is -2.17. The number of benzene rings is 1. The van der Waals surface area contributed by atoms with Crippen LogP contribution in [0.15, 0.2) is 29.2 Å². The van der Waals surface area contributed by atoms with Gasteiger partial charge in [-0.1, -0.05) is 6.07 Å². The van der Waals surface area contributed by atoms with E-state index in [0.717, 1.165) is 4.90 Å². The first-order valence-corrected chi connectivity index (χ1v) is 5.79. The van der Waals surface area contributed by atoms with E-state index >= 15 is 0 Å². The van der Waals surface area contributed by atoms with Gasteiger partial charge in [0, 0.05) is 24.1 Å². The molecule has 0 unspecified atom stereocenters. The van der Waals surface area contributed by atoms with Crippen molar-refractivity contribution in [3.8, 4) is 0 Å². The van der Waals surface area contributed by atoms with Crippen LogP contribution in [0.2, 0.25) is 0 Å². The fourth-order valence-electron chi connectivity index (χ4n) is 1.11. The fourth-order valence-corrected chi connectivity index (χ4v) is 2.01. The Morgan fingerprint density at radius 3 is 2.81 bits per heavy atom. The number of hydrogen-bond acceptors (Lipinski definition) is 3. The van der Waals surface area contributed by atoms with Crippen molar-refractivity contribution in [3.63, 3.8) is 0 Å². The lowest BCUT2D eigenvalue weighted by molar-refractivity contribution is -0.120. The quantitative estimate of drug-likeness (QED) is 0.766. The van der Waals surface area contributed by atoms with Gasteiger partial charge < -0.3 is 10.4 Å². The Morgan fingerprint density at radius 2 is 2.19 bits per heavy atom. The Balaban J connectivity index is 2.51. The van der Waals surface area contributed by atoms with Gasteiger partial charge in [0.05, 0.1) is 5.56 Å². The molecule has 5 heteroatoms. The summed E-state index contributed by atoms with van der Waals surface area (Å²) >= 11 is 1.47. The van der Waals surface area contributed by atoms with Crippen molar-refractivity contribution in [1.82, 2.24) is 5.32 Å². The molecule has 0 aromatic heterocycles. The maximum absolute atomic E-state index is 11.0. The van der Waals surface area contributed by atoms with Crippen LogP contribution in [0.4, 0.5) is 0 Å². The molecule has 0 fully saturated rings. The van der Waals surface area contributed by atoms with E-state index < -0.39 is 5.97 Å². The third kappa shape index (κ3) is 3.94. The summed E-state index contributed by atoms with van der Waals surface area (Å²) in [5.41, 5.74) is 0.268. The number of thioether (sulfide) groups is 1. The maximum atomic E-state index is 11.0. The predicted molar refractivity (Wildman–Crippen MR) is 62.8 cm³/mol. The summed E-state index contributed by atoms with van der Waals surface area (Å²) in [6, 6.07) is 6.69. The van der Waals surface area contributed by atoms with Gasteiger partial charge in [0.15, 0.2) is 0 Å². The molecule has 0 heterocycles. The molecule has 16 heavy (non-hydrogen) atoms. The second kappa shape index (κ2) is 6.17. The Kier molecular flexibility index (Phi) is 4.85. The van der Waals surface area contributed by atoms with Crippen LogP contribution in [-0.4, -0.2) is 29.8 Å². The molecule has 0 saturated heterocycles. The average Bonchev–Trinajstić information content (AvgIpc) is 2.29. The van der Waals surface area contributed by atoms with Crippen LogP contribution < -0.4 is 5.32 Å². The van der Waals surface area contributed by atoms with Gasteiger partial charge in [0.2, 0.25) is 5.91 Å². The van der Waals surface area contributed by atoms with E-state index in [9.17, 15) is 9.59 Å². The molecule has 0 radical (unpaired) electrons. The number of carboxylic acid groups (broad SMARTS) is 1. The van der Waals surface area contributed by atoms with Gasteiger partial charge in [0.1, 0.15) is 0 Å². The van der Waals surface area contributed by atoms with Crippen LogP contribution >= 0.6 is 11.8 Å². The minimum atomic E-state index is -0.936. The van der Waals surface area contributed by atoms with Gasteiger partial charge >= 0.3 is 5.97 Å². The zero-order valence-corrected chi connectivity index (χ0v) is 9.71. The molecule has 0 aliphatic carbocycles. The first-order chi connectivity index (χ1) is 7.63. The van der Waals surface area contributed by atoms with Crippen molar-refractivity contribution < 1.29 is 14.7 Å². The third-order valence-corrected chi connectivity index (χ3v) is 2.95. The molecule has 0 bridgehead atoms. The van der Waals surface area contributed by atoms with Gasteiger partial charge in [-0.25, -0.2) is 4.79 Å². The highest BCUT2D eigenvalue weighted by Gasteiger charge is 2.04. The first kappa shape index (κ1) is 12.6. The highest BCUT2D eigenvalue weighted by atomic mass is 32.2. The van der Waals surface area contributed by atoms with Crippen LogP contribution in [0.3, 0.4) is 0 Å². The Hall–Kier alpha value is -1.49. The number of amides is 1. The van der Waals surface area contributed by atoms with Crippen molar-refractivity contribution in [2.24, 2.45) is 0 Å². The first-order valence-electron chi connectivity index (χ1n) is 4.80. The molecule has 0 aliphatic heterocycles. The molecular weight excluding hydrogens is 226 g/mol. The van der Waals surface area contributed by atoms with E-state index in [1.165, 1.54) is 11.8 Å². The minimum Gasteiger partial charge on any atom is -0.478 e. The minimum absolute atomic E-state index is 0.0121. The van der Waals surface area contributed by atoms with E-state index in [1.54, 1.807) is 25.2 Å². The van der Waals surface area contributed by atoms with Crippen LogP contribution in [0.1, 0.15) is 16.8 Å². The summed E-state index contributed by atoms with van der Waals surface area (Å²) in [6.07, 6.45) is 0.429. The largest absolute Gasteiger partial charge is 0.478 e. The molecule has 4 nitrogen and oxygen atoms in total. The van der Waals surface area contributed by atoms with Gasteiger partial charge in [-0.3, -0.25) is 4.79 Å². The molecule has 1 amide bonds. The van der Waals surface area contributed by atoms with Crippen LogP contribution in [0.5, 0.6) is 0 Å². The number of carbonyl (C=O) groups is 2. The zero-order chi connectivity index (χ0) is 12.0. The van der Waals surface area contributed by atoms with Gasteiger partial charge in [-0.05, 0) is 18.2 Å². The summed E-state index contributed by atoms with van der Waals surface area (Å²) in [4.78, 5) is 22.5. The van der Waals surface area contributed by atoms with Crippen molar-refractivity contribution in [1.29, 1.82) is 0 Å². The smallest absolute Gasteiger partial charge is 0.335 e. The third-order valence-electron chi connectivity index (χ3n) is 1.96. The molecule has 1 aromatic carbocycles. The van der Waals surface area contributed by atoms with E-state index in [2.05, 4.69) is 5.32 Å². The molecule has 0 saturated carbocycles. The second-order valence-corrected chi connectivity index (χ2v) is 4.27. The number of hydrogen-bond donors (Lipinski definition) is 2. The molecule has 2 N–H and O–H groups in total. The van der Waals surface area contributed by atoms with Crippen molar-refractivity contribution in [2.45, 2.75) is 11.3 Å². The molecule has 0 aliphatic rings. The van der Waals surface area contributed by atoms with E-state index in [4.69, 9.17) is 5.11 Å². The van der Waals surface area contributed by atoms with Crippen LogP contribution in [0.25, 0.3) is 0 Å². The van der Waals surface area contributed by atoms with Crippen LogP contribution in [0, 0.1) is 0 Å². The van der Waals surface area contributed by atoms with Gasteiger partial charge in [-0.15, -0.1) is 11.8 Å². The highest BCUT2D eigenvalue weighted by molar-refractivity contribution is 7.99. The predicted octanol–water partition coefficient (Wildman–Crippen LogP) is 1.61. The summed E-state index contributed by atoms with van der Waals surface area (Å²) < 4.78 is 0. The Labute approximate surface area is 98.0 Å². The standard InChI is InChI=1S/C11H13NO3S/c1-12-10(13)5-6-16-9-4-2-3-8(7-9)11(14)15/h2-4,7H,5-6H2,1H3,(H,12,13)(H,14,15). The summed E-state index contributed by atoms with van der Waals surface area (Å²) in [5, 5.41) is 11.3. The fraction of sp³-hybridized carbons (Fsp3) is 0.273. The zero-order valence-electron chi connectivity index (χ0n) is 8.90. The Bertz CT molecular complexity index is 393. The molecule has 1 rings (SSSR count). The van der Waals surface area contributed by atoms with E-state index in [0.29, 0.717) is 12.2 Å². The van der Waals surface area contributed by atoms with Crippen molar-refractivity contribution in [2.75, 3.05) is 12.8 Å². The SMILES string of the molecule is CNC(=O)CCSc1cccc(C(=O)O)c1. The number of carbonyl (C=O) groups excluding carboxylic acids is 1. The van der Waals surface area contributed by atoms with Crippen molar-refractivity contribution in [3.05, 3.63) is 29.8 Å². The maximum Gasteiger partial charge on any atom is 0.335 e. The van der Waals surface area contributed by atoms with Gasteiger partial charge in [0.25, 0.3) is 0 Å². The van der Waals surface area contributed by atoms with Gasteiger partial charge in [-0.2, -0.15) is 0 Å². The second-order valence-electron chi connectivity index (χ2n) is 3.10. The molecule has 86 valence electrons. The number of aromatic carboxylic acids is 1. The summed E-state index contributed by atoms with van der Waals surface area (Å²) in [7, 11) is 1.60. The lowest BCUT2D eigenvalue weighted by Gasteiger charge is -2.02. The monoisotopic (exact) mass is 239 g/mol. The van der Waals surface area contributed by atoms with Crippen LogP contribution in [-0.2, 0) is 4.79 Å². The lowest BCUT2D eigenvalue weighted by atomic mass is 10.2. The topological polar surface area (TPSA) is 66.4 Å². The summed E-state index contributed by atoms with van der Waals surface area (Å²) in [5.74, 6) is -0.307. The van der Waals surface area contributed by atoms with Crippen molar-refractivity contribution >= 4 is 23.6 Å². The summed E-state index contributed by atoms with van der Waals surface area (Å²) in [6.45, 7) is 0. The number of carboxylic acids is 1. The van der Waals surface area contributed by atoms with E-state index in [-0.39, 0.29) is 11.5 Å². The highest BCUT2D eigenvalue weighted by Crippen LogP contribution is 2.19. The average molecular weight is 239 g/mol. The number of nitrogens with one attached hydrogen (secondary N) is 1.